The summed E-state index contributed by atoms with van der Waals surface area (Å²) in [4.78, 5) is 23.0. The van der Waals surface area contributed by atoms with Gasteiger partial charge < -0.3 is 14.0 Å². The third-order valence-electron chi connectivity index (χ3n) is 4.83. The molecule has 1 heterocycles. The number of rotatable bonds is 8. The highest BCUT2D eigenvalue weighted by Gasteiger charge is 2.09. The summed E-state index contributed by atoms with van der Waals surface area (Å²) >= 11 is 0. The fourth-order valence-electron chi connectivity index (χ4n) is 3.32. The zero-order chi connectivity index (χ0) is 22.9. The summed E-state index contributed by atoms with van der Waals surface area (Å²) in [6, 6.07) is 20.2. The largest absolute Gasteiger partial charge is 0.463 e. The molecule has 5 nitrogen and oxygen atoms in total. The first kappa shape index (κ1) is 22.8. The first-order chi connectivity index (χ1) is 15.5. The molecule has 0 aliphatic carbocycles. The zero-order valence-electron chi connectivity index (χ0n) is 18.6. The average molecular weight is 430 g/mol. The number of aryl methyl sites for hydroxylation is 1. The summed E-state index contributed by atoms with van der Waals surface area (Å²) in [5, 5.41) is 0. The number of hydrogen-bond donors (Lipinski definition) is 0. The fraction of sp³-hybridized carbons (Fsp3) is 0.185. The second-order valence-corrected chi connectivity index (χ2v) is 7.08. The lowest BCUT2D eigenvalue weighted by molar-refractivity contribution is -0.138. The smallest absolute Gasteiger partial charge is 0.330 e. The van der Waals surface area contributed by atoms with E-state index in [1.165, 1.54) is 12.2 Å². The maximum Gasteiger partial charge on any atom is 0.330 e. The number of esters is 2. The van der Waals surface area contributed by atoms with Crippen LogP contribution in [0.4, 0.5) is 0 Å². The summed E-state index contributed by atoms with van der Waals surface area (Å²) in [5.41, 5.74) is 6.12. The van der Waals surface area contributed by atoms with Gasteiger partial charge in [0.15, 0.2) is 0 Å². The molecule has 164 valence electrons. The molecule has 0 unspecified atom stereocenters. The second-order valence-electron chi connectivity index (χ2n) is 7.08. The van der Waals surface area contributed by atoms with Gasteiger partial charge in [0.1, 0.15) is 0 Å². The van der Waals surface area contributed by atoms with Crippen molar-refractivity contribution in [3.8, 4) is 16.9 Å². The highest BCUT2D eigenvalue weighted by Crippen LogP contribution is 2.27. The molecule has 0 fully saturated rings. The van der Waals surface area contributed by atoms with E-state index in [0.29, 0.717) is 13.2 Å². The number of nitrogens with zero attached hydrogens (tertiary/aromatic N) is 1. The van der Waals surface area contributed by atoms with Crippen LogP contribution in [0.5, 0.6) is 0 Å². The van der Waals surface area contributed by atoms with E-state index in [0.717, 1.165) is 33.8 Å². The van der Waals surface area contributed by atoms with Crippen LogP contribution in [-0.4, -0.2) is 29.7 Å². The molecule has 5 heteroatoms. The van der Waals surface area contributed by atoms with Crippen LogP contribution in [0.3, 0.4) is 0 Å². The van der Waals surface area contributed by atoms with Crippen molar-refractivity contribution >= 4 is 24.1 Å². The van der Waals surface area contributed by atoms with E-state index in [9.17, 15) is 9.59 Å². The summed E-state index contributed by atoms with van der Waals surface area (Å²) < 4.78 is 12.0. The van der Waals surface area contributed by atoms with E-state index in [2.05, 4.69) is 23.6 Å². The third-order valence-corrected chi connectivity index (χ3v) is 4.83. The van der Waals surface area contributed by atoms with E-state index in [1.54, 1.807) is 26.0 Å². The van der Waals surface area contributed by atoms with Crippen LogP contribution in [0, 0.1) is 6.92 Å². The highest BCUT2D eigenvalue weighted by molar-refractivity contribution is 5.87. The molecule has 0 saturated heterocycles. The number of carbonyl (C=O) groups excluding carboxylic acids is 2. The molecule has 0 bridgehead atoms. The van der Waals surface area contributed by atoms with Crippen molar-refractivity contribution in [1.29, 1.82) is 0 Å². The van der Waals surface area contributed by atoms with E-state index < -0.39 is 0 Å². The maximum absolute atomic E-state index is 11.5. The lowest BCUT2D eigenvalue weighted by Crippen LogP contribution is -2.00. The number of ether oxygens (including phenoxy) is 2. The van der Waals surface area contributed by atoms with Crippen molar-refractivity contribution in [2.75, 3.05) is 13.2 Å². The second kappa shape index (κ2) is 11.0. The van der Waals surface area contributed by atoms with Gasteiger partial charge in [-0.2, -0.15) is 0 Å². The molecule has 0 amide bonds. The molecule has 32 heavy (non-hydrogen) atoms. The Kier molecular flexibility index (Phi) is 7.81. The summed E-state index contributed by atoms with van der Waals surface area (Å²) in [5.74, 6) is -0.692. The number of hydrogen-bond acceptors (Lipinski definition) is 4. The maximum atomic E-state index is 11.5. The van der Waals surface area contributed by atoms with Crippen LogP contribution < -0.4 is 0 Å². The van der Waals surface area contributed by atoms with Crippen molar-refractivity contribution in [3.05, 3.63) is 89.6 Å². The molecule has 0 spiro atoms. The summed E-state index contributed by atoms with van der Waals surface area (Å²) in [6.07, 6.45) is 6.36. The molecular weight excluding hydrogens is 402 g/mol. The Morgan fingerprint density at radius 3 is 1.75 bits per heavy atom. The van der Waals surface area contributed by atoms with E-state index in [1.807, 2.05) is 48.5 Å². The molecule has 0 atom stereocenters. The molecule has 0 N–H and O–H groups in total. The third kappa shape index (κ3) is 5.85. The molecule has 0 aliphatic heterocycles. The molecule has 1 aromatic heterocycles. The quantitative estimate of drug-likeness (QED) is 0.345. The van der Waals surface area contributed by atoms with Crippen LogP contribution in [0.2, 0.25) is 0 Å². The van der Waals surface area contributed by atoms with Gasteiger partial charge in [-0.3, -0.25) is 0 Å². The normalized spacial score (nSPS) is 11.2. The number of aromatic nitrogens is 1. The van der Waals surface area contributed by atoms with Crippen LogP contribution in [0.1, 0.15) is 30.7 Å². The van der Waals surface area contributed by atoms with Crippen molar-refractivity contribution in [3.63, 3.8) is 0 Å². The van der Waals surface area contributed by atoms with Gasteiger partial charge in [0.05, 0.1) is 18.9 Å². The Balaban J connectivity index is 1.81. The first-order valence-corrected chi connectivity index (χ1v) is 10.6. The Morgan fingerprint density at radius 2 is 1.25 bits per heavy atom. The van der Waals surface area contributed by atoms with Gasteiger partial charge >= 0.3 is 11.9 Å². The SMILES string of the molecule is CCOC(=O)C=Cc1ccc(-c2ccc(C)n2-c2ccc(C=CC(=O)OCC)cc2)cc1. The van der Waals surface area contributed by atoms with Gasteiger partial charge in [-0.1, -0.05) is 36.4 Å². The van der Waals surface area contributed by atoms with E-state index in [4.69, 9.17) is 9.47 Å². The predicted molar refractivity (Wildman–Crippen MR) is 127 cm³/mol. The number of benzene rings is 2. The average Bonchev–Trinajstić information content (AvgIpc) is 3.19. The minimum Gasteiger partial charge on any atom is -0.463 e. The van der Waals surface area contributed by atoms with Crippen LogP contribution in [0.15, 0.2) is 72.8 Å². The van der Waals surface area contributed by atoms with Crippen LogP contribution in [0.25, 0.3) is 29.1 Å². The van der Waals surface area contributed by atoms with Crippen LogP contribution >= 0.6 is 0 Å². The topological polar surface area (TPSA) is 57.5 Å². The lowest BCUT2D eigenvalue weighted by atomic mass is 10.1. The van der Waals surface area contributed by atoms with Gasteiger partial charge in [0.2, 0.25) is 0 Å². The minimum atomic E-state index is -0.347. The molecule has 3 rings (SSSR count). The Morgan fingerprint density at radius 1 is 0.750 bits per heavy atom. The summed E-state index contributed by atoms with van der Waals surface area (Å²) in [7, 11) is 0. The standard InChI is InChI=1S/C27H27NO4/c1-4-31-26(29)18-11-21-7-13-23(14-8-21)25-17-6-20(3)28(25)24-15-9-22(10-16-24)12-19-27(30)32-5-2/h6-19H,4-5H2,1-3H3. The van der Waals surface area contributed by atoms with Gasteiger partial charge in [0.25, 0.3) is 0 Å². The molecule has 3 aromatic rings. The van der Waals surface area contributed by atoms with Crippen molar-refractivity contribution < 1.29 is 19.1 Å². The van der Waals surface area contributed by atoms with Crippen LogP contribution in [-0.2, 0) is 19.1 Å². The summed E-state index contributed by atoms with van der Waals surface area (Å²) in [6.45, 7) is 6.35. The molecule has 0 saturated carbocycles. The van der Waals surface area contributed by atoms with E-state index in [-0.39, 0.29) is 11.9 Å². The Labute approximate surface area is 188 Å². The highest BCUT2D eigenvalue weighted by atomic mass is 16.5. The number of carbonyl (C=O) groups is 2. The Hall–Kier alpha value is -3.86. The van der Waals surface area contributed by atoms with Crippen molar-refractivity contribution in [2.24, 2.45) is 0 Å². The van der Waals surface area contributed by atoms with Crippen molar-refractivity contribution in [1.82, 2.24) is 4.57 Å². The molecule has 0 radical (unpaired) electrons. The van der Waals surface area contributed by atoms with E-state index >= 15 is 0 Å². The lowest BCUT2D eigenvalue weighted by Gasteiger charge is -2.13. The molecule has 0 aliphatic rings. The van der Waals surface area contributed by atoms with Gasteiger partial charge in [-0.25, -0.2) is 9.59 Å². The predicted octanol–water partition coefficient (Wildman–Crippen LogP) is 5.61. The van der Waals surface area contributed by atoms with Gasteiger partial charge in [-0.15, -0.1) is 0 Å². The van der Waals surface area contributed by atoms with Gasteiger partial charge in [0, 0.05) is 23.5 Å². The minimum absolute atomic E-state index is 0.346. The van der Waals surface area contributed by atoms with Gasteiger partial charge in [-0.05, 0) is 73.9 Å². The fourth-order valence-corrected chi connectivity index (χ4v) is 3.32. The Bertz CT molecular complexity index is 1120. The zero-order valence-corrected chi connectivity index (χ0v) is 18.6. The van der Waals surface area contributed by atoms with Crippen molar-refractivity contribution in [2.45, 2.75) is 20.8 Å². The molecule has 2 aromatic carbocycles. The molecular formula is C27H27NO4. The monoisotopic (exact) mass is 429 g/mol. The first-order valence-electron chi connectivity index (χ1n) is 10.6.